The Morgan fingerprint density at radius 2 is 1.83 bits per heavy atom. The van der Waals surface area contributed by atoms with Crippen LogP contribution in [0.2, 0.25) is 0 Å². The summed E-state index contributed by atoms with van der Waals surface area (Å²) in [5.74, 6) is 1.80. The van der Waals surface area contributed by atoms with Crippen molar-refractivity contribution in [2.45, 2.75) is 34.3 Å². The van der Waals surface area contributed by atoms with Crippen LogP contribution < -0.4 is 4.74 Å². The predicted octanol–water partition coefficient (Wildman–Crippen LogP) is 5.36. The molecule has 0 spiro atoms. The molecule has 2 heterocycles. The maximum atomic E-state index is 5.82. The van der Waals surface area contributed by atoms with E-state index in [0.29, 0.717) is 47.9 Å². The van der Waals surface area contributed by atoms with Crippen molar-refractivity contribution in [3.05, 3.63) is 90.0 Å². The number of allylic oxidation sites excluding steroid dienone is 1. The maximum absolute atomic E-state index is 5.82. The van der Waals surface area contributed by atoms with Crippen molar-refractivity contribution in [1.29, 1.82) is 0 Å². The summed E-state index contributed by atoms with van der Waals surface area (Å²) in [6, 6.07) is 15.4. The third-order valence-corrected chi connectivity index (χ3v) is 3.62. The molecule has 0 unspecified atom stereocenters. The Kier molecular flexibility index (Phi) is 8.63. The topological polar surface area (TPSA) is 70.3 Å². The summed E-state index contributed by atoms with van der Waals surface area (Å²) in [4.78, 5) is 4.57. The summed E-state index contributed by atoms with van der Waals surface area (Å²) in [6.07, 6.45) is 1.74. The van der Waals surface area contributed by atoms with Gasteiger partial charge in [-0.3, -0.25) is 0 Å². The zero-order valence-electron chi connectivity index (χ0n) is 17.4. The molecule has 0 aliphatic heterocycles. The Bertz CT molecular complexity index is 933. The summed E-state index contributed by atoms with van der Waals surface area (Å²) >= 11 is 0. The minimum Gasteiger partial charge on any atom is -0.494 e. The van der Waals surface area contributed by atoms with Gasteiger partial charge in [0.25, 0.3) is 0 Å². The molecule has 3 rings (SSSR count). The molecule has 0 amide bonds. The summed E-state index contributed by atoms with van der Waals surface area (Å²) in [5.41, 5.74) is 2.32. The van der Waals surface area contributed by atoms with Crippen LogP contribution >= 0.6 is 0 Å². The maximum Gasteiger partial charge on any atom is 0.250 e. The Morgan fingerprint density at radius 3 is 2.48 bits per heavy atom. The van der Waals surface area contributed by atoms with Gasteiger partial charge in [-0.25, -0.2) is 4.98 Å². The van der Waals surface area contributed by atoms with Crippen LogP contribution in [0.15, 0.2) is 71.4 Å². The number of benzene rings is 1. The number of rotatable bonds is 8. The standard InChI is InChI=1S/C21H21N3O3.C2H6/c1-4-25-15(2)13-18(21-24-23-16(3)27-21)19-11-8-12-20(22-19)26-14-17-9-6-5-7-10-17;1-2/h5-13H,2,4,14H2,1,3H3;1-2H3/b18-13-;. The number of hydrogen-bond donors (Lipinski definition) is 0. The smallest absolute Gasteiger partial charge is 0.250 e. The SMILES string of the molecule is C=C(/C=C(/c1cccc(OCc2ccccc2)n1)c1nnc(C)o1)OCC.CC. The minimum absolute atomic E-state index is 0.348. The second-order valence-electron chi connectivity index (χ2n) is 5.72. The molecule has 152 valence electrons. The van der Waals surface area contributed by atoms with E-state index in [2.05, 4.69) is 21.8 Å². The van der Waals surface area contributed by atoms with Crippen LogP contribution in [0.3, 0.4) is 0 Å². The Hall–Kier alpha value is -3.41. The number of hydrogen-bond acceptors (Lipinski definition) is 6. The molecule has 0 saturated carbocycles. The first kappa shape index (κ1) is 21.9. The Balaban J connectivity index is 0.00000145. The highest BCUT2D eigenvalue weighted by Crippen LogP contribution is 2.24. The first-order valence-electron chi connectivity index (χ1n) is 9.63. The highest BCUT2D eigenvalue weighted by molar-refractivity contribution is 5.74. The molecule has 3 aromatic rings. The minimum atomic E-state index is 0.348. The van der Waals surface area contributed by atoms with Gasteiger partial charge in [-0.05, 0) is 24.6 Å². The first-order valence-corrected chi connectivity index (χ1v) is 9.63. The van der Waals surface area contributed by atoms with Gasteiger partial charge in [0.15, 0.2) is 0 Å². The van der Waals surface area contributed by atoms with E-state index in [1.807, 2.05) is 63.2 Å². The van der Waals surface area contributed by atoms with Gasteiger partial charge in [-0.1, -0.05) is 56.8 Å². The van der Waals surface area contributed by atoms with Crippen molar-refractivity contribution in [3.63, 3.8) is 0 Å². The fourth-order valence-electron chi connectivity index (χ4n) is 2.42. The normalized spacial score (nSPS) is 10.7. The quantitative estimate of drug-likeness (QED) is 0.379. The number of ether oxygens (including phenoxy) is 2. The third kappa shape index (κ3) is 6.60. The Labute approximate surface area is 171 Å². The third-order valence-electron chi connectivity index (χ3n) is 3.62. The van der Waals surface area contributed by atoms with E-state index in [-0.39, 0.29) is 0 Å². The highest BCUT2D eigenvalue weighted by atomic mass is 16.5. The van der Waals surface area contributed by atoms with Gasteiger partial charge in [0.05, 0.1) is 17.9 Å². The number of pyridine rings is 1. The second-order valence-corrected chi connectivity index (χ2v) is 5.72. The van der Waals surface area contributed by atoms with Gasteiger partial charge in [-0.15, -0.1) is 10.2 Å². The van der Waals surface area contributed by atoms with Crippen molar-refractivity contribution in [3.8, 4) is 5.88 Å². The van der Waals surface area contributed by atoms with Gasteiger partial charge in [0.2, 0.25) is 17.7 Å². The molecule has 6 nitrogen and oxygen atoms in total. The number of aromatic nitrogens is 3. The lowest BCUT2D eigenvalue weighted by molar-refractivity contribution is 0.244. The molecule has 0 atom stereocenters. The molecule has 0 saturated heterocycles. The monoisotopic (exact) mass is 393 g/mol. The lowest BCUT2D eigenvalue weighted by atomic mass is 10.1. The van der Waals surface area contributed by atoms with E-state index < -0.39 is 0 Å². The number of nitrogens with zero attached hydrogens (tertiary/aromatic N) is 3. The van der Waals surface area contributed by atoms with E-state index in [0.717, 1.165) is 5.56 Å². The molecule has 0 radical (unpaired) electrons. The fourth-order valence-corrected chi connectivity index (χ4v) is 2.42. The molecule has 0 aliphatic carbocycles. The largest absolute Gasteiger partial charge is 0.494 e. The average molecular weight is 393 g/mol. The predicted molar refractivity (Wildman–Crippen MR) is 113 cm³/mol. The van der Waals surface area contributed by atoms with E-state index in [9.17, 15) is 0 Å². The van der Waals surface area contributed by atoms with E-state index in [1.165, 1.54) is 0 Å². The zero-order chi connectivity index (χ0) is 21.1. The molecule has 0 N–H and O–H groups in total. The van der Waals surface area contributed by atoms with Crippen LogP contribution in [0.1, 0.15) is 43.8 Å². The van der Waals surface area contributed by atoms with Gasteiger partial charge < -0.3 is 13.9 Å². The average Bonchev–Trinajstić information content (AvgIpc) is 3.19. The second kappa shape index (κ2) is 11.4. The van der Waals surface area contributed by atoms with Crippen molar-refractivity contribution in [2.24, 2.45) is 0 Å². The van der Waals surface area contributed by atoms with E-state index >= 15 is 0 Å². The van der Waals surface area contributed by atoms with Crippen LogP contribution in [0.5, 0.6) is 5.88 Å². The van der Waals surface area contributed by atoms with Crippen LogP contribution in [0, 0.1) is 6.92 Å². The zero-order valence-corrected chi connectivity index (χ0v) is 17.4. The first-order chi connectivity index (χ1) is 14.2. The summed E-state index contributed by atoms with van der Waals surface area (Å²) in [6.45, 7) is 12.5. The van der Waals surface area contributed by atoms with Crippen LogP contribution in [0.25, 0.3) is 5.57 Å². The van der Waals surface area contributed by atoms with Crippen molar-refractivity contribution < 1.29 is 13.9 Å². The van der Waals surface area contributed by atoms with Gasteiger partial charge in [-0.2, -0.15) is 0 Å². The molecule has 6 heteroatoms. The highest BCUT2D eigenvalue weighted by Gasteiger charge is 2.15. The number of aryl methyl sites for hydroxylation is 1. The molecule has 2 aromatic heterocycles. The summed E-state index contributed by atoms with van der Waals surface area (Å²) in [7, 11) is 0. The fraction of sp³-hybridized carbons (Fsp3) is 0.261. The lowest BCUT2D eigenvalue weighted by Crippen LogP contribution is -2.00. The van der Waals surface area contributed by atoms with E-state index in [4.69, 9.17) is 13.9 Å². The molecular formula is C23H27N3O3. The van der Waals surface area contributed by atoms with Crippen LogP contribution in [-0.4, -0.2) is 21.8 Å². The van der Waals surface area contributed by atoms with Gasteiger partial charge in [0.1, 0.15) is 12.4 Å². The van der Waals surface area contributed by atoms with Crippen molar-refractivity contribution in [1.82, 2.24) is 15.2 Å². The van der Waals surface area contributed by atoms with Crippen molar-refractivity contribution in [2.75, 3.05) is 6.61 Å². The molecular weight excluding hydrogens is 366 g/mol. The Morgan fingerprint density at radius 1 is 1.07 bits per heavy atom. The van der Waals surface area contributed by atoms with E-state index in [1.54, 1.807) is 19.1 Å². The molecule has 29 heavy (non-hydrogen) atoms. The van der Waals surface area contributed by atoms with Gasteiger partial charge >= 0.3 is 0 Å². The summed E-state index contributed by atoms with van der Waals surface area (Å²) < 4.78 is 16.8. The van der Waals surface area contributed by atoms with Crippen LogP contribution in [-0.2, 0) is 11.3 Å². The molecule has 0 bridgehead atoms. The summed E-state index contributed by atoms with van der Waals surface area (Å²) in [5, 5.41) is 7.99. The molecule has 0 fully saturated rings. The lowest BCUT2D eigenvalue weighted by Gasteiger charge is -2.09. The van der Waals surface area contributed by atoms with Crippen molar-refractivity contribution >= 4 is 5.57 Å². The van der Waals surface area contributed by atoms with Crippen LogP contribution in [0.4, 0.5) is 0 Å². The van der Waals surface area contributed by atoms with Gasteiger partial charge in [0, 0.05) is 13.0 Å². The molecule has 0 aliphatic rings. The molecule has 1 aromatic carbocycles.